The first-order valence-corrected chi connectivity index (χ1v) is 25.3. The van der Waals surface area contributed by atoms with Crippen molar-refractivity contribution in [1.82, 2.24) is 0 Å². The Morgan fingerprint density at radius 3 is 1.34 bits per heavy atom. The van der Waals surface area contributed by atoms with E-state index in [1.807, 2.05) is 21.1 Å². The van der Waals surface area contributed by atoms with Crippen LogP contribution in [0, 0.1) is 0 Å². The average Bonchev–Trinajstić information content (AvgIpc) is 3.23. The molecule has 8 heteroatoms. The monoisotopic (exact) mass is 871 g/mol. The van der Waals surface area contributed by atoms with Crippen LogP contribution < -0.4 is 0 Å². The highest BCUT2D eigenvalue weighted by molar-refractivity contribution is 5.72. The molecule has 0 heterocycles. The topological polar surface area (TPSA) is 99.1 Å². The summed E-state index contributed by atoms with van der Waals surface area (Å²) >= 11 is 0. The Morgan fingerprint density at radius 1 is 0.500 bits per heavy atom. The molecule has 1 N–H and O–H groups in total. The smallest absolute Gasteiger partial charge is 0.362 e. The van der Waals surface area contributed by atoms with Crippen molar-refractivity contribution in [3.63, 3.8) is 0 Å². The van der Waals surface area contributed by atoms with Crippen molar-refractivity contribution >= 4 is 17.9 Å². The van der Waals surface area contributed by atoms with Crippen LogP contribution in [0.4, 0.5) is 0 Å². The highest BCUT2D eigenvalue weighted by atomic mass is 16.6. The summed E-state index contributed by atoms with van der Waals surface area (Å²) in [7, 11) is 5.52. The van der Waals surface area contributed by atoms with Gasteiger partial charge in [0, 0.05) is 19.3 Å². The Balaban J connectivity index is 4.23. The Kier molecular flexibility index (Phi) is 42.5. The number of carboxylic acid groups (broad SMARTS) is 1. The quantitative estimate of drug-likeness (QED) is 0.0282. The van der Waals surface area contributed by atoms with E-state index in [1.165, 1.54) is 96.3 Å². The highest BCUT2D eigenvalue weighted by Crippen LogP contribution is 2.15. The fourth-order valence-corrected chi connectivity index (χ4v) is 7.25. The first-order valence-electron chi connectivity index (χ1n) is 25.3. The zero-order chi connectivity index (χ0) is 45.6. The minimum Gasteiger partial charge on any atom is -0.477 e. The number of quaternary nitrogens is 1. The van der Waals surface area contributed by atoms with Crippen molar-refractivity contribution < 1.29 is 38.2 Å². The minimum absolute atomic E-state index is 0.0521. The van der Waals surface area contributed by atoms with Crippen LogP contribution in [0.5, 0.6) is 0 Å². The number of rotatable bonds is 45. The maximum absolute atomic E-state index is 12.8. The number of likely N-dealkylation sites (N-methyl/N-ethyl adjacent to an activating group) is 1. The van der Waals surface area contributed by atoms with Gasteiger partial charge in [0.1, 0.15) is 6.61 Å². The molecule has 0 amide bonds. The number of hydrogen-bond donors (Lipinski definition) is 1. The third-order valence-electron chi connectivity index (χ3n) is 11.2. The van der Waals surface area contributed by atoms with Gasteiger partial charge in [-0.05, 0) is 77.0 Å². The Hall–Kier alpha value is -2.97. The van der Waals surface area contributed by atoms with Gasteiger partial charge in [0.2, 0.25) is 0 Å². The molecule has 8 nitrogen and oxygen atoms in total. The molecule has 0 rings (SSSR count). The van der Waals surface area contributed by atoms with Gasteiger partial charge < -0.3 is 23.8 Å². The van der Waals surface area contributed by atoms with Crippen LogP contribution in [0.3, 0.4) is 0 Å². The molecule has 0 aliphatic carbocycles. The summed E-state index contributed by atoms with van der Waals surface area (Å²) < 4.78 is 17.3. The van der Waals surface area contributed by atoms with Gasteiger partial charge in [-0.15, -0.1) is 0 Å². The van der Waals surface area contributed by atoms with Crippen molar-refractivity contribution in [1.29, 1.82) is 0 Å². The van der Waals surface area contributed by atoms with E-state index in [4.69, 9.17) is 14.2 Å². The van der Waals surface area contributed by atoms with E-state index < -0.39 is 18.1 Å². The van der Waals surface area contributed by atoms with Gasteiger partial charge >= 0.3 is 17.9 Å². The maximum Gasteiger partial charge on any atom is 0.362 e. The molecule has 0 aliphatic rings. The van der Waals surface area contributed by atoms with Crippen LogP contribution in [0.2, 0.25) is 0 Å². The highest BCUT2D eigenvalue weighted by Gasteiger charge is 2.31. The Bertz CT molecular complexity index is 1200. The molecule has 62 heavy (non-hydrogen) atoms. The first kappa shape index (κ1) is 59.0. The van der Waals surface area contributed by atoms with Crippen LogP contribution in [0.25, 0.3) is 0 Å². The molecule has 2 unspecified atom stereocenters. The summed E-state index contributed by atoms with van der Waals surface area (Å²) in [5.74, 6) is -1.49. The molecule has 0 bridgehead atoms. The van der Waals surface area contributed by atoms with Crippen LogP contribution >= 0.6 is 0 Å². The van der Waals surface area contributed by atoms with E-state index in [0.717, 1.165) is 83.5 Å². The fourth-order valence-electron chi connectivity index (χ4n) is 7.25. The number of carbonyl (C=O) groups excluding carboxylic acids is 2. The zero-order valence-corrected chi connectivity index (χ0v) is 40.8. The second-order valence-corrected chi connectivity index (χ2v) is 18.0. The molecule has 0 aromatic carbocycles. The number of esters is 2. The Morgan fingerprint density at radius 2 is 0.903 bits per heavy atom. The molecule has 358 valence electrons. The molecule has 0 radical (unpaired) electrons. The van der Waals surface area contributed by atoms with Crippen molar-refractivity contribution in [2.45, 2.75) is 225 Å². The number of aliphatic carboxylic acids is 1. The summed E-state index contributed by atoms with van der Waals surface area (Å²) in [6.07, 6.45) is 55.6. The molecule has 0 saturated carbocycles. The largest absolute Gasteiger partial charge is 0.477 e. The first-order chi connectivity index (χ1) is 30.1. The van der Waals surface area contributed by atoms with E-state index in [-0.39, 0.29) is 36.2 Å². The van der Waals surface area contributed by atoms with Gasteiger partial charge in [0.15, 0.2) is 12.1 Å². The summed E-state index contributed by atoms with van der Waals surface area (Å²) in [6.45, 7) is 4.60. The van der Waals surface area contributed by atoms with Gasteiger partial charge in [-0.25, -0.2) is 4.79 Å². The lowest BCUT2D eigenvalue weighted by Crippen LogP contribution is -2.50. The number of carbonyl (C=O) groups is 3. The molecule has 2 atom stereocenters. The third-order valence-corrected chi connectivity index (χ3v) is 11.2. The number of nitrogens with zero attached hydrogens (tertiary/aromatic N) is 1. The summed E-state index contributed by atoms with van der Waals surface area (Å²) in [5, 5.41) is 9.64. The standard InChI is InChI=1S/C54H95NO7/c1-6-8-10-12-14-16-18-20-22-23-24-25-26-27-28-29-31-32-34-36-38-40-42-44-52(56)61-49-50(48-60-47-46-51(54(58)59)55(3,4)5)62-53(57)45-43-41-39-37-35-33-30-21-19-17-15-13-11-9-7-2/h9,11,15,17-18,20-21,23-24,30,50-51H,6-8,10,12-14,16,19,22,25-29,31-49H2,1-5H3/p+1/b11-9-,17-15-,20-18-,24-23-,30-21-. The van der Waals surface area contributed by atoms with Crippen molar-refractivity contribution in [3.8, 4) is 0 Å². The SMILES string of the molecule is CC/C=C\C/C=C\C/C=C\CCCCCCCC(=O)OC(COCCC(C(=O)O)[N+](C)(C)C)COC(=O)CCCCCCCCCCCCC/C=C\C/C=C\CCCCCCC. The molecular formula is C54H96NO7+. The predicted molar refractivity (Wildman–Crippen MR) is 261 cm³/mol. The van der Waals surface area contributed by atoms with Crippen molar-refractivity contribution in [2.75, 3.05) is 41.0 Å². The van der Waals surface area contributed by atoms with Crippen molar-refractivity contribution in [3.05, 3.63) is 60.8 Å². The fraction of sp³-hybridized carbons (Fsp3) is 0.759. The second-order valence-electron chi connectivity index (χ2n) is 18.0. The maximum atomic E-state index is 12.8. The minimum atomic E-state index is -0.879. The average molecular weight is 871 g/mol. The molecule has 0 spiro atoms. The van der Waals surface area contributed by atoms with Gasteiger partial charge in [-0.3, -0.25) is 9.59 Å². The van der Waals surface area contributed by atoms with E-state index in [0.29, 0.717) is 19.3 Å². The number of allylic oxidation sites excluding steroid dienone is 10. The van der Waals surface area contributed by atoms with Crippen LogP contribution in [0.1, 0.15) is 213 Å². The predicted octanol–water partition coefficient (Wildman–Crippen LogP) is 14.5. The zero-order valence-electron chi connectivity index (χ0n) is 40.8. The second kappa shape index (κ2) is 44.6. The van der Waals surface area contributed by atoms with E-state index in [2.05, 4.69) is 74.6 Å². The number of hydrogen-bond acceptors (Lipinski definition) is 6. The molecule has 0 aliphatic heterocycles. The van der Waals surface area contributed by atoms with Gasteiger partial charge in [-0.2, -0.15) is 0 Å². The number of carboxylic acids is 1. The van der Waals surface area contributed by atoms with Gasteiger partial charge in [0.05, 0.1) is 34.4 Å². The number of ether oxygens (including phenoxy) is 3. The molecule has 0 aromatic heterocycles. The van der Waals surface area contributed by atoms with Crippen LogP contribution in [-0.4, -0.2) is 80.6 Å². The summed E-state index contributed by atoms with van der Waals surface area (Å²) in [4.78, 5) is 37.1. The van der Waals surface area contributed by atoms with Crippen LogP contribution in [-0.2, 0) is 28.6 Å². The number of unbranched alkanes of at least 4 members (excludes halogenated alkanes) is 21. The lowest BCUT2D eigenvalue weighted by Gasteiger charge is -2.31. The third kappa shape index (κ3) is 42.3. The Labute approximate surface area is 381 Å². The molecular weight excluding hydrogens is 775 g/mol. The molecule has 0 saturated heterocycles. The molecule has 0 fully saturated rings. The lowest BCUT2D eigenvalue weighted by atomic mass is 10.0. The lowest BCUT2D eigenvalue weighted by molar-refractivity contribution is -0.887. The van der Waals surface area contributed by atoms with E-state index in [1.54, 1.807) is 0 Å². The van der Waals surface area contributed by atoms with E-state index >= 15 is 0 Å². The normalized spacial score (nSPS) is 13.4. The summed E-state index contributed by atoms with van der Waals surface area (Å²) in [5.41, 5.74) is 0. The molecule has 0 aromatic rings. The van der Waals surface area contributed by atoms with Crippen LogP contribution in [0.15, 0.2) is 60.8 Å². The van der Waals surface area contributed by atoms with Gasteiger partial charge in [0.25, 0.3) is 0 Å². The van der Waals surface area contributed by atoms with Gasteiger partial charge in [-0.1, -0.05) is 177 Å². The summed E-state index contributed by atoms with van der Waals surface area (Å²) in [6, 6.07) is -0.620. The van der Waals surface area contributed by atoms with E-state index in [9.17, 15) is 19.5 Å². The van der Waals surface area contributed by atoms with Crippen molar-refractivity contribution in [2.24, 2.45) is 0 Å².